The van der Waals surface area contributed by atoms with Crippen LogP contribution in [0.5, 0.6) is 0 Å². The summed E-state index contributed by atoms with van der Waals surface area (Å²) in [4.78, 5) is 25.2. The zero-order valence-electron chi connectivity index (χ0n) is 15.4. The number of hydrogen-bond acceptors (Lipinski definition) is 2. The highest BCUT2D eigenvalue weighted by atomic mass is 35.5. The Balaban J connectivity index is 1.85. The van der Waals surface area contributed by atoms with E-state index in [1.807, 2.05) is 0 Å². The average Bonchev–Trinajstić information content (AvgIpc) is 2.68. The van der Waals surface area contributed by atoms with Gasteiger partial charge in [-0.15, -0.1) is 0 Å². The van der Waals surface area contributed by atoms with E-state index in [0.29, 0.717) is 17.2 Å². The summed E-state index contributed by atoms with van der Waals surface area (Å²) in [5.41, 5.74) is -1.13. The maximum Gasteiger partial charge on any atom is 0.419 e. The maximum absolute atomic E-state index is 13.5. The second-order valence-electron chi connectivity index (χ2n) is 6.95. The van der Waals surface area contributed by atoms with Crippen LogP contribution in [0.4, 0.5) is 22.4 Å². The normalized spacial score (nSPS) is 19.4. The zero-order chi connectivity index (χ0) is 22.1. The van der Waals surface area contributed by atoms with Crippen LogP contribution >= 0.6 is 11.6 Å². The van der Waals surface area contributed by atoms with Gasteiger partial charge in [0.05, 0.1) is 5.56 Å². The van der Waals surface area contributed by atoms with Gasteiger partial charge < -0.3 is 15.3 Å². The molecule has 0 aliphatic carbocycles. The lowest BCUT2D eigenvalue weighted by molar-refractivity contribution is -0.140. The van der Waals surface area contributed by atoms with Gasteiger partial charge in [0, 0.05) is 35.6 Å². The summed E-state index contributed by atoms with van der Waals surface area (Å²) in [6.07, 6.45) is -5.77. The Morgan fingerprint density at radius 2 is 1.80 bits per heavy atom. The predicted molar refractivity (Wildman–Crippen MR) is 101 cm³/mol. The highest BCUT2D eigenvalue weighted by molar-refractivity contribution is 6.30. The summed E-state index contributed by atoms with van der Waals surface area (Å²) in [6.45, 7) is 0.251. The molecule has 2 amide bonds. The highest BCUT2D eigenvalue weighted by Gasteiger charge is 2.36. The Morgan fingerprint density at radius 1 is 1.13 bits per heavy atom. The molecule has 1 fully saturated rings. The van der Waals surface area contributed by atoms with Gasteiger partial charge in [-0.3, -0.25) is 4.79 Å². The lowest BCUT2D eigenvalue weighted by Crippen LogP contribution is -2.51. The Labute approximate surface area is 174 Å². The van der Waals surface area contributed by atoms with Gasteiger partial charge in [0.15, 0.2) is 0 Å². The number of rotatable bonds is 3. The smallest absolute Gasteiger partial charge is 0.419 e. The van der Waals surface area contributed by atoms with Gasteiger partial charge in [0.1, 0.15) is 5.82 Å². The molecular weight excluding hydrogens is 428 g/mol. The van der Waals surface area contributed by atoms with E-state index in [-0.39, 0.29) is 25.1 Å². The van der Waals surface area contributed by atoms with Crippen LogP contribution in [0.1, 0.15) is 33.8 Å². The first-order chi connectivity index (χ1) is 14.1. The predicted octanol–water partition coefficient (Wildman–Crippen LogP) is 4.76. The van der Waals surface area contributed by atoms with Gasteiger partial charge >= 0.3 is 12.3 Å². The van der Waals surface area contributed by atoms with Crippen LogP contribution in [0.25, 0.3) is 0 Å². The standard InChI is InChI=1S/C20H17ClF4N2O3/c21-13-4-1-11(2-5-13)14-10-27(19(29)30)8-7-17(14)26-18(28)12-3-6-16(22)15(9-12)20(23,24)25/h1-6,9,14,17H,7-8,10H2,(H,26,28)(H,29,30). The second-order valence-corrected chi connectivity index (χ2v) is 7.38. The Bertz CT molecular complexity index is 950. The third kappa shape index (κ3) is 4.84. The number of carboxylic acid groups (broad SMARTS) is 1. The fraction of sp³-hybridized carbons (Fsp3) is 0.300. The van der Waals surface area contributed by atoms with E-state index >= 15 is 0 Å². The van der Waals surface area contributed by atoms with E-state index in [4.69, 9.17) is 11.6 Å². The minimum Gasteiger partial charge on any atom is -0.465 e. The second kappa shape index (κ2) is 8.51. The Kier molecular flexibility index (Phi) is 6.21. The molecule has 10 heteroatoms. The fourth-order valence-corrected chi connectivity index (χ4v) is 3.61. The largest absolute Gasteiger partial charge is 0.465 e. The summed E-state index contributed by atoms with van der Waals surface area (Å²) < 4.78 is 52.3. The number of carbonyl (C=O) groups excluding carboxylic acids is 1. The topological polar surface area (TPSA) is 69.6 Å². The molecule has 30 heavy (non-hydrogen) atoms. The van der Waals surface area contributed by atoms with Crippen molar-refractivity contribution in [1.82, 2.24) is 10.2 Å². The number of nitrogens with one attached hydrogen (secondary N) is 1. The van der Waals surface area contributed by atoms with Crippen LogP contribution < -0.4 is 5.32 Å². The van der Waals surface area contributed by atoms with Crippen LogP contribution in [0.3, 0.4) is 0 Å². The number of hydrogen-bond donors (Lipinski definition) is 2. The number of benzene rings is 2. The number of nitrogens with zero attached hydrogens (tertiary/aromatic N) is 1. The molecule has 1 aliphatic rings. The van der Waals surface area contributed by atoms with Crippen molar-refractivity contribution >= 4 is 23.6 Å². The molecule has 2 aromatic rings. The van der Waals surface area contributed by atoms with Gasteiger partial charge in [-0.1, -0.05) is 23.7 Å². The monoisotopic (exact) mass is 444 g/mol. The molecule has 3 rings (SSSR count). The van der Waals surface area contributed by atoms with Gasteiger partial charge in [-0.25, -0.2) is 9.18 Å². The Hall–Kier alpha value is -2.81. The van der Waals surface area contributed by atoms with Crippen LogP contribution in [0.15, 0.2) is 42.5 Å². The average molecular weight is 445 g/mol. The van der Waals surface area contributed by atoms with E-state index in [1.54, 1.807) is 24.3 Å². The minimum atomic E-state index is -4.93. The number of alkyl halides is 3. The number of piperidine rings is 1. The first-order valence-electron chi connectivity index (χ1n) is 8.97. The van der Waals surface area contributed by atoms with Gasteiger partial charge in [-0.2, -0.15) is 13.2 Å². The van der Waals surface area contributed by atoms with Crippen LogP contribution in [0.2, 0.25) is 5.02 Å². The van der Waals surface area contributed by atoms with Crippen molar-refractivity contribution < 1.29 is 32.3 Å². The van der Waals surface area contributed by atoms with Crippen molar-refractivity contribution in [3.05, 3.63) is 70.0 Å². The third-order valence-electron chi connectivity index (χ3n) is 5.03. The molecule has 2 aromatic carbocycles. The molecule has 5 nitrogen and oxygen atoms in total. The quantitative estimate of drug-likeness (QED) is 0.670. The van der Waals surface area contributed by atoms with Gasteiger partial charge in [0.2, 0.25) is 0 Å². The summed E-state index contributed by atoms with van der Waals surface area (Å²) in [6, 6.07) is 8.18. The van der Waals surface area contributed by atoms with Crippen molar-refractivity contribution in [2.24, 2.45) is 0 Å². The third-order valence-corrected chi connectivity index (χ3v) is 5.28. The summed E-state index contributed by atoms with van der Waals surface area (Å²) in [5.74, 6) is -2.69. The first-order valence-corrected chi connectivity index (χ1v) is 9.35. The molecule has 0 radical (unpaired) electrons. The van der Waals surface area contributed by atoms with E-state index in [9.17, 15) is 32.3 Å². The van der Waals surface area contributed by atoms with E-state index in [2.05, 4.69) is 5.32 Å². The van der Waals surface area contributed by atoms with Gasteiger partial charge in [0.25, 0.3) is 5.91 Å². The molecule has 1 aliphatic heterocycles. The Morgan fingerprint density at radius 3 is 2.40 bits per heavy atom. The lowest BCUT2D eigenvalue weighted by Gasteiger charge is -2.38. The van der Waals surface area contributed by atoms with E-state index < -0.39 is 41.5 Å². The number of carbonyl (C=O) groups is 2. The van der Waals surface area contributed by atoms with E-state index in [1.165, 1.54) is 4.90 Å². The van der Waals surface area contributed by atoms with Crippen molar-refractivity contribution in [2.45, 2.75) is 24.6 Å². The molecule has 0 saturated carbocycles. The molecule has 160 valence electrons. The summed E-state index contributed by atoms with van der Waals surface area (Å²) in [5, 5.41) is 12.5. The summed E-state index contributed by atoms with van der Waals surface area (Å²) >= 11 is 5.90. The van der Waals surface area contributed by atoms with Crippen molar-refractivity contribution in [3.8, 4) is 0 Å². The number of likely N-dealkylation sites (tertiary alicyclic amines) is 1. The number of halogens is 5. The molecule has 0 spiro atoms. The molecule has 1 heterocycles. The first kappa shape index (κ1) is 21.9. The van der Waals surface area contributed by atoms with Crippen LogP contribution in [-0.4, -0.2) is 41.1 Å². The van der Waals surface area contributed by atoms with Crippen LogP contribution in [-0.2, 0) is 6.18 Å². The maximum atomic E-state index is 13.5. The molecule has 2 unspecified atom stereocenters. The summed E-state index contributed by atoms with van der Waals surface area (Å²) in [7, 11) is 0. The van der Waals surface area contributed by atoms with Gasteiger partial charge in [-0.05, 0) is 42.3 Å². The SMILES string of the molecule is O=C(NC1CCN(C(=O)O)CC1c1ccc(Cl)cc1)c1ccc(F)c(C(F)(F)F)c1. The van der Waals surface area contributed by atoms with Crippen molar-refractivity contribution in [1.29, 1.82) is 0 Å². The van der Waals surface area contributed by atoms with Crippen LogP contribution in [0, 0.1) is 5.82 Å². The molecule has 0 aromatic heterocycles. The lowest BCUT2D eigenvalue weighted by atomic mass is 9.86. The molecule has 0 bridgehead atoms. The molecule has 2 N–H and O–H groups in total. The number of amides is 2. The fourth-order valence-electron chi connectivity index (χ4n) is 3.48. The van der Waals surface area contributed by atoms with Crippen molar-refractivity contribution in [3.63, 3.8) is 0 Å². The molecular formula is C20H17ClF4N2O3. The highest BCUT2D eigenvalue weighted by Crippen LogP contribution is 2.32. The molecule has 2 atom stereocenters. The molecule has 1 saturated heterocycles. The zero-order valence-corrected chi connectivity index (χ0v) is 16.2. The minimum absolute atomic E-state index is 0.0964. The van der Waals surface area contributed by atoms with Crippen molar-refractivity contribution in [2.75, 3.05) is 13.1 Å². The van der Waals surface area contributed by atoms with E-state index in [0.717, 1.165) is 11.6 Å².